The molecule has 0 heterocycles. The fraction of sp³-hybridized carbons (Fsp3) is 0.208. The van der Waals surface area contributed by atoms with E-state index in [2.05, 4.69) is 0 Å². The number of carbonyl (C=O) groups is 1. The van der Waals surface area contributed by atoms with Crippen LogP contribution in [0.4, 0.5) is 5.69 Å². The van der Waals surface area contributed by atoms with E-state index in [1.807, 2.05) is 72.8 Å². The highest BCUT2D eigenvalue weighted by molar-refractivity contribution is 5.94. The molecule has 3 aromatic rings. The van der Waals surface area contributed by atoms with Crippen LogP contribution in [0.1, 0.15) is 11.1 Å². The molecule has 0 saturated heterocycles. The van der Waals surface area contributed by atoms with Gasteiger partial charge in [-0.2, -0.15) is 0 Å². The number of ether oxygens (including phenoxy) is 3. The van der Waals surface area contributed by atoms with E-state index in [1.54, 1.807) is 26.2 Å². The van der Waals surface area contributed by atoms with Crippen LogP contribution in [0.3, 0.4) is 0 Å². The smallest absolute Gasteiger partial charge is 0.231 e. The number of nitrogens with zero attached hydrogens (tertiary/aromatic N) is 1. The normalized spacial score (nSPS) is 10.3. The molecule has 0 unspecified atom stereocenters. The largest absolute Gasteiger partial charge is 0.493 e. The fourth-order valence-electron chi connectivity index (χ4n) is 3.20. The highest BCUT2D eigenvalue weighted by Gasteiger charge is 2.19. The molecular formula is C24H25NO4. The highest BCUT2D eigenvalue weighted by atomic mass is 16.5. The Bertz CT molecular complexity index is 917. The first kappa shape index (κ1) is 20.3. The van der Waals surface area contributed by atoms with Crippen molar-refractivity contribution in [2.75, 3.05) is 26.2 Å². The summed E-state index contributed by atoms with van der Waals surface area (Å²) >= 11 is 0. The van der Waals surface area contributed by atoms with Crippen molar-refractivity contribution in [1.82, 2.24) is 0 Å². The van der Waals surface area contributed by atoms with Crippen LogP contribution in [0, 0.1) is 0 Å². The van der Waals surface area contributed by atoms with E-state index < -0.39 is 0 Å². The number of benzene rings is 3. The zero-order valence-electron chi connectivity index (χ0n) is 16.9. The van der Waals surface area contributed by atoms with Gasteiger partial charge in [0.1, 0.15) is 0 Å². The van der Waals surface area contributed by atoms with Gasteiger partial charge >= 0.3 is 0 Å². The molecule has 0 aliphatic carbocycles. The average molecular weight is 391 g/mol. The van der Waals surface area contributed by atoms with Crippen LogP contribution in [-0.4, -0.2) is 27.2 Å². The Labute approximate surface area is 171 Å². The second kappa shape index (κ2) is 9.64. The Kier molecular flexibility index (Phi) is 6.74. The third-order valence-electron chi connectivity index (χ3n) is 4.63. The molecule has 3 aromatic carbocycles. The number of methoxy groups -OCH3 is 3. The van der Waals surface area contributed by atoms with Crippen LogP contribution < -0.4 is 19.1 Å². The number of amides is 1. The molecule has 0 atom stereocenters. The van der Waals surface area contributed by atoms with E-state index in [-0.39, 0.29) is 12.3 Å². The number of hydrogen-bond donors (Lipinski definition) is 0. The lowest BCUT2D eigenvalue weighted by Crippen LogP contribution is -2.31. The van der Waals surface area contributed by atoms with Crippen molar-refractivity contribution >= 4 is 11.6 Å². The monoisotopic (exact) mass is 391 g/mol. The molecule has 0 aromatic heterocycles. The van der Waals surface area contributed by atoms with Crippen LogP contribution in [0.2, 0.25) is 0 Å². The Morgan fingerprint density at radius 1 is 0.759 bits per heavy atom. The summed E-state index contributed by atoms with van der Waals surface area (Å²) in [5, 5.41) is 0. The van der Waals surface area contributed by atoms with Gasteiger partial charge in [0.05, 0.1) is 34.3 Å². The Hall–Kier alpha value is -3.47. The lowest BCUT2D eigenvalue weighted by atomic mass is 10.1. The standard InChI is InChI=1S/C24H25NO4/c1-27-21-14-19(15-22(28-2)24(21)29-3)16-23(26)25(20-12-8-5-9-13-20)17-18-10-6-4-7-11-18/h4-15H,16-17H2,1-3H3. The van der Waals surface area contributed by atoms with Crippen molar-refractivity contribution in [3.05, 3.63) is 83.9 Å². The molecule has 5 heteroatoms. The molecule has 0 aliphatic heterocycles. The maximum absolute atomic E-state index is 13.3. The molecule has 150 valence electrons. The molecule has 0 N–H and O–H groups in total. The maximum Gasteiger partial charge on any atom is 0.231 e. The average Bonchev–Trinajstić information content (AvgIpc) is 2.77. The first-order chi connectivity index (χ1) is 14.2. The van der Waals surface area contributed by atoms with Crippen LogP contribution in [0.5, 0.6) is 17.2 Å². The summed E-state index contributed by atoms with van der Waals surface area (Å²) in [6.45, 7) is 0.494. The molecular weight excluding hydrogens is 366 g/mol. The minimum atomic E-state index is -0.0191. The van der Waals surface area contributed by atoms with Crippen molar-refractivity contribution in [1.29, 1.82) is 0 Å². The van der Waals surface area contributed by atoms with E-state index in [0.717, 1.165) is 16.8 Å². The Morgan fingerprint density at radius 2 is 1.31 bits per heavy atom. The van der Waals surface area contributed by atoms with Gasteiger partial charge < -0.3 is 19.1 Å². The van der Waals surface area contributed by atoms with Gasteiger partial charge in [0.2, 0.25) is 11.7 Å². The van der Waals surface area contributed by atoms with E-state index >= 15 is 0 Å². The Balaban J connectivity index is 1.90. The quantitative estimate of drug-likeness (QED) is 0.568. The zero-order chi connectivity index (χ0) is 20.6. The maximum atomic E-state index is 13.3. The number of anilines is 1. The summed E-state index contributed by atoms with van der Waals surface area (Å²) in [4.78, 5) is 15.1. The number of carbonyl (C=O) groups excluding carboxylic acids is 1. The van der Waals surface area contributed by atoms with Gasteiger partial charge in [-0.05, 0) is 35.4 Å². The fourth-order valence-corrected chi connectivity index (χ4v) is 3.20. The number of hydrogen-bond acceptors (Lipinski definition) is 4. The van der Waals surface area contributed by atoms with Crippen LogP contribution in [0.15, 0.2) is 72.8 Å². The minimum Gasteiger partial charge on any atom is -0.493 e. The van der Waals surface area contributed by atoms with Crippen molar-refractivity contribution in [2.45, 2.75) is 13.0 Å². The molecule has 0 bridgehead atoms. The summed E-state index contributed by atoms with van der Waals surface area (Å²) < 4.78 is 16.2. The van der Waals surface area contributed by atoms with Crippen molar-refractivity contribution < 1.29 is 19.0 Å². The van der Waals surface area contributed by atoms with Gasteiger partial charge in [-0.15, -0.1) is 0 Å². The van der Waals surface area contributed by atoms with Gasteiger partial charge in [-0.1, -0.05) is 48.5 Å². The van der Waals surface area contributed by atoms with E-state index in [4.69, 9.17) is 14.2 Å². The zero-order valence-corrected chi connectivity index (χ0v) is 16.9. The van der Waals surface area contributed by atoms with E-state index in [0.29, 0.717) is 23.8 Å². The SMILES string of the molecule is COc1cc(CC(=O)N(Cc2ccccc2)c2ccccc2)cc(OC)c1OC. The number of rotatable bonds is 8. The molecule has 0 saturated carbocycles. The Morgan fingerprint density at radius 3 is 1.83 bits per heavy atom. The molecule has 1 amide bonds. The minimum absolute atomic E-state index is 0.0191. The van der Waals surface area contributed by atoms with Crippen LogP contribution >= 0.6 is 0 Å². The predicted molar refractivity (Wildman–Crippen MR) is 114 cm³/mol. The summed E-state index contributed by atoms with van der Waals surface area (Å²) in [5.74, 6) is 1.55. The molecule has 0 aliphatic rings. The number of para-hydroxylation sites is 1. The lowest BCUT2D eigenvalue weighted by molar-refractivity contribution is -0.118. The summed E-state index contributed by atoms with van der Waals surface area (Å²) in [7, 11) is 4.69. The third-order valence-corrected chi connectivity index (χ3v) is 4.63. The second-order valence-corrected chi connectivity index (χ2v) is 6.51. The molecule has 0 radical (unpaired) electrons. The van der Waals surface area contributed by atoms with Gasteiger partial charge in [0, 0.05) is 5.69 Å². The van der Waals surface area contributed by atoms with Crippen molar-refractivity contribution in [3.8, 4) is 17.2 Å². The summed E-state index contributed by atoms with van der Waals surface area (Å²) in [5.41, 5.74) is 2.71. The van der Waals surface area contributed by atoms with Crippen LogP contribution in [0.25, 0.3) is 0 Å². The van der Waals surface area contributed by atoms with Crippen LogP contribution in [-0.2, 0) is 17.8 Å². The van der Waals surface area contributed by atoms with E-state index in [1.165, 1.54) is 0 Å². The van der Waals surface area contributed by atoms with Gasteiger partial charge in [-0.25, -0.2) is 0 Å². The third kappa shape index (κ3) is 4.88. The molecule has 29 heavy (non-hydrogen) atoms. The molecule has 0 fully saturated rings. The summed E-state index contributed by atoms with van der Waals surface area (Å²) in [6, 6.07) is 23.2. The molecule has 5 nitrogen and oxygen atoms in total. The predicted octanol–water partition coefficient (Wildman–Crippen LogP) is 4.49. The van der Waals surface area contributed by atoms with Crippen molar-refractivity contribution in [2.24, 2.45) is 0 Å². The first-order valence-corrected chi connectivity index (χ1v) is 9.34. The summed E-state index contributed by atoms with van der Waals surface area (Å²) in [6.07, 6.45) is 0.207. The first-order valence-electron chi connectivity index (χ1n) is 9.34. The second-order valence-electron chi connectivity index (χ2n) is 6.51. The molecule has 0 spiro atoms. The topological polar surface area (TPSA) is 48.0 Å². The van der Waals surface area contributed by atoms with Crippen molar-refractivity contribution in [3.63, 3.8) is 0 Å². The van der Waals surface area contributed by atoms with Gasteiger partial charge in [0.25, 0.3) is 0 Å². The van der Waals surface area contributed by atoms with E-state index in [9.17, 15) is 4.79 Å². The lowest BCUT2D eigenvalue weighted by Gasteiger charge is -2.23. The molecule has 3 rings (SSSR count). The van der Waals surface area contributed by atoms with Gasteiger partial charge in [0.15, 0.2) is 11.5 Å². The van der Waals surface area contributed by atoms with Gasteiger partial charge in [-0.3, -0.25) is 4.79 Å². The highest BCUT2D eigenvalue weighted by Crippen LogP contribution is 2.38.